The number of hydrogen-bond acceptors (Lipinski definition) is 4. The molecule has 1 rings (SSSR count). The fraction of sp³-hybridized carbons (Fsp3) is 0.900. The summed E-state index contributed by atoms with van der Waals surface area (Å²) < 4.78 is 5.45. The van der Waals surface area contributed by atoms with Crippen LogP contribution in [-0.2, 0) is 9.53 Å². The van der Waals surface area contributed by atoms with Crippen molar-refractivity contribution in [2.24, 2.45) is 0 Å². The van der Waals surface area contributed by atoms with E-state index in [1.54, 1.807) is 11.8 Å². The molecule has 1 aliphatic heterocycles. The van der Waals surface area contributed by atoms with E-state index >= 15 is 0 Å². The Kier molecular flexibility index (Phi) is 6.05. The maximum Gasteiger partial charge on any atom is 0.222 e. The molecule has 0 bridgehead atoms. The second kappa shape index (κ2) is 7.09. The molecule has 1 amide bonds. The largest absolute Gasteiger partial charge is 0.375 e. The van der Waals surface area contributed by atoms with Crippen molar-refractivity contribution in [2.45, 2.75) is 24.7 Å². The van der Waals surface area contributed by atoms with Crippen LogP contribution in [0.25, 0.3) is 0 Å². The van der Waals surface area contributed by atoms with Crippen molar-refractivity contribution >= 4 is 17.7 Å². The molecule has 0 radical (unpaired) electrons. The van der Waals surface area contributed by atoms with Gasteiger partial charge in [0.15, 0.2) is 0 Å². The molecule has 88 valence electrons. The number of morpholine rings is 1. The molecule has 4 nitrogen and oxygen atoms in total. The van der Waals surface area contributed by atoms with Gasteiger partial charge in [0.2, 0.25) is 5.91 Å². The maximum atomic E-state index is 11.5. The van der Waals surface area contributed by atoms with Crippen LogP contribution < -0.4 is 10.6 Å². The first-order valence-electron chi connectivity index (χ1n) is 5.34. The summed E-state index contributed by atoms with van der Waals surface area (Å²) in [5.74, 6) is 0.0876. The van der Waals surface area contributed by atoms with Crippen LogP contribution in [0.1, 0.15) is 13.3 Å². The molecule has 0 aliphatic carbocycles. The Balaban J connectivity index is 2.11. The summed E-state index contributed by atoms with van der Waals surface area (Å²) in [5.41, 5.74) is 0. The quantitative estimate of drug-likeness (QED) is 0.712. The minimum Gasteiger partial charge on any atom is -0.375 e. The molecule has 15 heavy (non-hydrogen) atoms. The fourth-order valence-corrected chi connectivity index (χ4v) is 1.62. The van der Waals surface area contributed by atoms with E-state index in [9.17, 15) is 4.79 Å². The molecule has 2 N–H and O–H groups in total. The van der Waals surface area contributed by atoms with Crippen molar-refractivity contribution in [1.29, 1.82) is 0 Å². The highest BCUT2D eigenvalue weighted by Gasteiger charge is 2.17. The lowest BCUT2D eigenvalue weighted by atomic mass is 10.2. The third-order valence-electron chi connectivity index (χ3n) is 2.41. The van der Waals surface area contributed by atoms with Crippen LogP contribution in [0.3, 0.4) is 0 Å². The third kappa shape index (κ3) is 5.39. The number of nitrogens with one attached hydrogen (secondary N) is 2. The van der Waals surface area contributed by atoms with Crippen LogP contribution in [0.15, 0.2) is 0 Å². The van der Waals surface area contributed by atoms with Crippen LogP contribution in [0, 0.1) is 0 Å². The minimum absolute atomic E-state index is 0.0448. The fourth-order valence-electron chi connectivity index (χ4n) is 1.37. The monoisotopic (exact) mass is 232 g/mol. The van der Waals surface area contributed by atoms with Gasteiger partial charge in [0.1, 0.15) is 0 Å². The highest BCUT2D eigenvalue weighted by molar-refractivity contribution is 7.99. The van der Waals surface area contributed by atoms with Gasteiger partial charge in [-0.3, -0.25) is 4.79 Å². The van der Waals surface area contributed by atoms with Gasteiger partial charge >= 0.3 is 0 Å². The molecule has 0 aromatic heterocycles. The zero-order chi connectivity index (χ0) is 11.1. The predicted molar refractivity (Wildman–Crippen MR) is 63.2 cm³/mol. The van der Waals surface area contributed by atoms with Crippen LogP contribution in [0.5, 0.6) is 0 Å². The average Bonchev–Trinajstić information content (AvgIpc) is 2.27. The van der Waals surface area contributed by atoms with E-state index < -0.39 is 0 Å². The molecule has 2 atom stereocenters. The summed E-state index contributed by atoms with van der Waals surface area (Å²) >= 11 is 1.75. The Morgan fingerprint density at radius 1 is 1.73 bits per heavy atom. The Hall–Kier alpha value is -0.260. The van der Waals surface area contributed by atoms with E-state index in [1.807, 2.05) is 6.26 Å². The SMILES string of the molecule is CS[C@H](C)CNC(=O)C[C@H]1CNCCO1. The molecule has 1 fully saturated rings. The number of carbonyl (C=O) groups excluding carboxylic acids is 1. The van der Waals surface area contributed by atoms with Crippen molar-refractivity contribution in [3.8, 4) is 0 Å². The molecular weight excluding hydrogens is 212 g/mol. The first-order chi connectivity index (χ1) is 7.22. The van der Waals surface area contributed by atoms with Crippen LogP contribution in [-0.4, -0.2) is 49.8 Å². The van der Waals surface area contributed by atoms with Crippen molar-refractivity contribution in [3.05, 3.63) is 0 Å². The van der Waals surface area contributed by atoms with Crippen molar-refractivity contribution in [2.75, 3.05) is 32.5 Å². The predicted octanol–water partition coefficient (Wildman–Crippen LogP) is 0.233. The topological polar surface area (TPSA) is 50.4 Å². The Labute approximate surface area is 95.5 Å². The lowest BCUT2D eigenvalue weighted by molar-refractivity contribution is -0.124. The molecule has 0 aromatic rings. The first kappa shape index (κ1) is 12.8. The second-order valence-electron chi connectivity index (χ2n) is 3.75. The van der Waals surface area contributed by atoms with Gasteiger partial charge in [-0.15, -0.1) is 0 Å². The number of amides is 1. The van der Waals surface area contributed by atoms with Gasteiger partial charge < -0.3 is 15.4 Å². The molecular formula is C10H20N2O2S. The molecule has 0 saturated carbocycles. The van der Waals surface area contributed by atoms with Gasteiger partial charge in [0.05, 0.1) is 19.1 Å². The van der Waals surface area contributed by atoms with E-state index in [2.05, 4.69) is 17.6 Å². The van der Waals surface area contributed by atoms with Gasteiger partial charge in [-0.1, -0.05) is 6.92 Å². The summed E-state index contributed by atoms with van der Waals surface area (Å²) in [6.45, 7) is 5.22. The van der Waals surface area contributed by atoms with Gasteiger partial charge in [-0.2, -0.15) is 11.8 Å². The third-order valence-corrected chi connectivity index (χ3v) is 3.38. The summed E-state index contributed by atoms with van der Waals surface area (Å²) in [6, 6.07) is 0. The van der Waals surface area contributed by atoms with Gasteiger partial charge in [-0.05, 0) is 6.26 Å². The summed E-state index contributed by atoms with van der Waals surface area (Å²) in [4.78, 5) is 11.5. The highest BCUT2D eigenvalue weighted by atomic mass is 32.2. The number of hydrogen-bond donors (Lipinski definition) is 2. The van der Waals surface area contributed by atoms with Crippen molar-refractivity contribution < 1.29 is 9.53 Å². The standard InChI is InChI=1S/C10H20N2O2S/c1-8(15-2)6-12-10(13)5-9-7-11-3-4-14-9/h8-9,11H,3-7H2,1-2H3,(H,12,13)/t8-,9+/m1/s1. The maximum absolute atomic E-state index is 11.5. The molecule has 1 aliphatic rings. The molecule has 5 heteroatoms. The lowest BCUT2D eigenvalue weighted by Gasteiger charge is -2.23. The van der Waals surface area contributed by atoms with Gasteiger partial charge in [0, 0.05) is 24.9 Å². The zero-order valence-corrected chi connectivity index (χ0v) is 10.2. The van der Waals surface area contributed by atoms with E-state index in [0.29, 0.717) is 18.3 Å². The van der Waals surface area contributed by atoms with E-state index in [1.165, 1.54) is 0 Å². The van der Waals surface area contributed by atoms with E-state index in [-0.39, 0.29) is 12.0 Å². The first-order valence-corrected chi connectivity index (χ1v) is 6.63. The summed E-state index contributed by atoms with van der Waals surface area (Å²) in [7, 11) is 0. The molecule has 0 unspecified atom stereocenters. The Morgan fingerprint density at radius 2 is 2.53 bits per heavy atom. The van der Waals surface area contributed by atoms with E-state index in [0.717, 1.165) is 19.6 Å². The van der Waals surface area contributed by atoms with Gasteiger partial charge in [-0.25, -0.2) is 0 Å². The van der Waals surface area contributed by atoms with Crippen molar-refractivity contribution in [1.82, 2.24) is 10.6 Å². The number of rotatable bonds is 5. The Bertz CT molecular complexity index is 196. The number of ether oxygens (including phenoxy) is 1. The van der Waals surface area contributed by atoms with E-state index in [4.69, 9.17) is 4.74 Å². The highest BCUT2D eigenvalue weighted by Crippen LogP contribution is 2.04. The zero-order valence-electron chi connectivity index (χ0n) is 9.41. The number of carbonyl (C=O) groups is 1. The van der Waals surface area contributed by atoms with Crippen molar-refractivity contribution in [3.63, 3.8) is 0 Å². The molecule has 0 aromatic carbocycles. The summed E-state index contributed by atoms with van der Waals surface area (Å²) in [5, 5.41) is 6.59. The Morgan fingerprint density at radius 3 is 3.13 bits per heavy atom. The van der Waals surface area contributed by atoms with Crippen LogP contribution >= 0.6 is 11.8 Å². The second-order valence-corrected chi connectivity index (χ2v) is 5.03. The summed E-state index contributed by atoms with van der Waals surface area (Å²) in [6.07, 6.45) is 2.56. The van der Waals surface area contributed by atoms with Gasteiger partial charge in [0.25, 0.3) is 0 Å². The van der Waals surface area contributed by atoms with Crippen LogP contribution in [0.4, 0.5) is 0 Å². The molecule has 1 saturated heterocycles. The van der Waals surface area contributed by atoms with Crippen LogP contribution in [0.2, 0.25) is 0 Å². The smallest absolute Gasteiger partial charge is 0.222 e. The molecule has 1 heterocycles. The molecule has 0 spiro atoms. The minimum atomic E-state index is 0.0448. The normalized spacial score (nSPS) is 23.5. The average molecular weight is 232 g/mol. The lowest BCUT2D eigenvalue weighted by Crippen LogP contribution is -2.42. The number of thioether (sulfide) groups is 1.